The van der Waals surface area contributed by atoms with E-state index in [2.05, 4.69) is 15.3 Å². The number of hydrogen-bond acceptors (Lipinski definition) is 4. The van der Waals surface area contributed by atoms with Gasteiger partial charge in [0.25, 0.3) is 0 Å². The second kappa shape index (κ2) is 6.09. The minimum Gasteiger partial charge on any atom is -0.366 e. The summed E-state index contributed by atoms with van der Waals surface area (Å²) >= 11 is 0. The van der Waals surface area contributed by atoms with Crippen molar-refractivity contribution in [2.75, 3.05) is 5.32 Å². The summed E-state index contributed by atoms with van der Waals surface area (Å²) in [5, 5.41) is 3.23. The van der Waals surface area contributed by atoms with Crippen molar-refractivity contribution in [1.29, 1.82) is 0 Å². The summed E-state index contributed by atoms with van der Waals surface area (Å²) < 4.78 is 1.96. The number of nitrogens with two attached hydrogens (primary N) is 1. The van der Waals surface area contributed by atoms with E-state index in [1.54, 1.807) is 24.7 Å². The van der Waals surface area contributed by atoms with Gasteiger partial charge in [0.05, 0.1) is 17.6 Å². The zero-order chi connectivity index (χ0) is 15.4. The van der Waals surface area contributed by atoms with Crippen LogP contribution in [-0.4, -0.2) is 20.4 Å². The fourth-order valence-electron chi connectivity index (χ4n) is 2.14. The molecule has 0 aliphatic carbocycles. The van der Waals surface area contributed by atoms with Crippen molar-refractivity contribution >= 4 is 11.7 Å². The van der Waals surface area contributed by atoms with Crippen LogP contribution in [0.25, 0.3) is 5.69 Å². The van der Waals surface area contributed by atoms with E-state index >= 15 is 0 Å². The Morgan fingerprint density at radius 1 is 1.23 bits per heavy atom. The van der Waals surface area contributed by atoms with Gasteiger partial charge in [-0.15, -0.1) is 0 Å². The minimum absolute atomic E-state index is 0.393. The summed E-state index contributed by atoms with van der Waals surface area (Å²) in [5.41, 5.74) is 7.76. The minimum atomic E-state index is -0.482. The molecule has 0 radical (unpaired) electrons. The molecule has 0 unspecified atom stereocenters. The van der Waals surface area contributed by atoms with Crippen LogP contribution in [0.5, 0.6) is 0 Å². The average Bonchev–Trinajstić information content (AvgIpc) is 3.08. The highest BCUT2D eigenvalue weighted by atomic mass is 16.1. The Balaban J connectivity index is 1.76. The molecule has 0 bridgehead atoms. The number of carbonyl (C=O) groups excluding carboxylic acids is 1. The number of benzene rings is 1. The number of rotatable bonds is 5. The number of anilines is 1. The quantitative estimate of drug-likeness (QED) is 0.753. The molecule has 0 aliphatic rings. The molecule has 3 N–H and O–H groups in total. The number of pyridine rings is 1. The Bertz CT molecular complexity index is 765. The van der Waals surface area contributed by atoms with Crippen molar-refractivity contribution in [2.45, 2.75) is 6.54 Å². The van der Waals surface area contributed by atoms with Crippen LogP contribution in [-0.2, 0) is 6.54 Å². The first-order valence-electron chi connectivity index (χ1n) is 6.80. The number of primary amides is 1. The number of para-hydroxylation sites is 1. The highest BCUT2D eigenvalue weighted by Crippen LogP contribution is 2.15. The lowest BCUT2D eigenvalue weighted by Gasteiger charge is -2.11. The number of nitrogens with zero attached hydrogens (tertiary/aromatic N) is 3. The maximum atomic E-state index is 11.0. The van der Waals surface area contributed by atoms with Crippen LogP contribution in [0.3, 0.4) is 0 Å². The summed E-state index contributed by atoms with van der Waals surface area (Å²) in [6.07, 6.45) is 6.87. The lowest BCUT2D eigenvalue weighted by Crippen LogP contribution is -2.11. The highest BCUT2D eigenvalue weighted by molar-refractivity contribution is 5.92. The van der Waals surface area contributed by atoms with Crippen molar-refractivity contribution in [2.24, 2.45) is 5.73 Å². The van der Waals surface area contributed by atoms with Gasteiger partial charge in [0, 0.05) is 25.1 Å². The molecule has 0 aliphatic heterocycles. The van der Waals surface area contributed by atoms with Crippen molar-refractivity contribution in [3.8, 4) is 5.69 Å². The van der Waals surface area contributed by atoms with Gasteiger partial charge in [-0.25, -0.2) is 9.97 Å². The van der Waals surface area contributed by atoms with E-state index in [0.29, 0.717) is 17.9 Å². The first-order valence-corrected chi connectivity index (χ1v) is 6.80. The molecule has 0 saturated heterocycles. The predicted octanol–water partition coefficient (Wildman–Crippen LogP) is 1.98. The number of hydrogen-bond donors (Lipinski definition) is 2. The van der Waals surface area contributed by atoms with Crippen LogP contribution in [0, 0.1) is 0 Å². The van der Waals surface area contributed by atoms with Crippen molar-refractivity contribution in [3.05, 3.63) is 72.4 Å². The molecule has 6 nitrogen and oxygen atoms in total. The lowest BCUT2D eigenvalue weighted by molar-refractivity contribution is 0.1000. The molecule has 110 valence electrons. The van der Waals surface area contributed by atoms with E-state index < -0.39 is 5.91 Å². The summed E-state index contributed by atoms with van der Waals surface area (Å²) in [7, 11) is 0. The van der Waals surface area contributed by atoms with Crippen molar-refractivity contribution < 1.29 is 4.79 Å². The van der Waals surface area contributed by atoms with E-state index in [9.17, 15) is 4.79 Å². The van der Waals surface area contributed by atoms with E-state index in [4.69, 9.17) is 5.73 Å². The standard InChI is InChI=1S/C16H15N5O/c17-16(22)13-5-6-15(20-10-13)19-9-12-3-1-2-4-14(12)21-8-7-18-11-21/h1-8,10-11H,9H2,(H2,17,22)(H,19,20). The monoisotopic (exact) mass is 293 g/mol. The van der Waals surface area contributed by atoms with Gasteiger partial charge in [0.1, 0.15) is 5.82 Å². The number of carbonyl (C=O) groups is 1. The molecule has 1 aromatic carbocycles. The van der Waals surface area contributed by atoms with Crippen LogP contribution in [0.4, 0.5) is 5.82 Å². The van der Waals surface area contributed by atoms with Gasteiger partial charge in [-0.05, 0) is 23.8 Å². The van der Waals surface area contributed by atoms with E-state index in [1.807, 2.05) is 35.0 Å². The summed E-state index contributed by atoms with van der Waals surface area (Å²) in [5.74, 6) is 0.204. The topological polar surface area (TPSA) is 85.8 Å². The zero-order valence-corrected chi connectivity index (χ0v) is 11.8. The Morgan fingerprint density at radius 3 is 2.77 bits per heavy atom. The van der Waals surface area contributed by atoms with Crippen molar-refractivity contribution in [1.82, 2.24) is 14.5 Å². The second-order valence-electron chi connectivity index (χ2n) is 4.75. The van der Waals surface area contributed by atoms with E-state index in [-0.39, 0.29) is 0 Å². The molecular weight excluding hydrogens is 278 g/mol. The molecule has 0 saturated carbocycles. The fourth-order valence-corrected chi connectivity index (χ4v) is 2.14. The van der Waals surface area contributed by atoms with Crippen LogP contribution < -0.4 is 11.1 Å². The molecule has 2 heterocycles. The second-order valence-corrected chi connectivity index (χ2v) is 4.75. The molecule has 3 aromatic rings. The van der Waals surface area contributed by atoms with Gasteiger partial charge < -0.3 is 15.6 Å². The summed E-state index contributed by atoms with van der Waals surface area (Å²) in [6.45, 7) is 0.608. The third kappa shape index (κ3) is 2.95. The summed E-state index contributed by atoms with van der Waals surface area (Å²) in [4.78, 5) is 19.3. The molecule has 0 spiro atoms. The first-order chi connectivity index (χ1) is 10.7. The third-order valence-electron chi connectivity index (χ3n) is 3.28. The van der Waals surface area contributed by atoms with Crippen LogP contribution in [0.15, 0.2) is 61.3 Å². The van der Waals surface area contributed by atoms with Gasteiger partial charge in [0.15, 0.2) is 0 Å². The molecule has 0 fully saturated rings. The molecule has 2 aromatic heterocycles. The molecule has 6 heteroatoms. The van der Waals surface area contributed by atoms with Crippen molar-refractivity contribution in [3.63, 3.8) is 0 Å². The smallest absolute Gasteiger partial charge is 0.250 e. The third-order valence-corrected chi connectivity index (χ3v) is 3.28. The number of nitrogens with one attached hydrogen (secondary N) is 1. The number of imidazole rings is 1. The number of amides is 1. The van der Waals surface area contributed by atoms with Crippen LogP contribution in [0.1, 0.15) is 15.9 Å². The highest BCUT2D eigenvalue weighted by Gasteiger charge is 2.05. The molecule has 1 amide bonds. The van der Waals surface area contributed by atoms with Gasteiger partial charge in [-0.3, -0.25) is 4.79 Å². The van der Waals surface area contributed by atoms with E-state index in [1.165, 1.54) is 6.20 Å². The average molecular weight is 293 g/mol. The lowest BCUT2D eigenvalue weighted by atomic mass is 10.1. The first kappa shape index (κ1) is 13.8. The predicted molar refractivity (Wildman–Crippen MR) is 83.6 cm³/mol. The molecule has 3 rings (SSSR count). The van der Waals surface area contributed by atoms with Gasteiger partial charge >= 0.3 is 0 Å². The maximum absolute atomic E-state index is 11.0. The van der Waals surface area contributed by atoms with Crippen LogP contribution >= 0.6 is 0 Å². The molecule has 22 heavy (non-hydrogen) atoms. The number of aromatic nitrogens is 3. The zero-order valence-electron chi connectivity index (χ0n) is 11.8. The SMILES string of the molecule is NC(=O)c1ccc(NCc2ccccc2-n2ccnc2)nc1. The molecular formula is C16H15N5O. The molecule has 0 atom stereocenters. The Morgan fingerprint density at radius 2 is 2.09 bits per heavy atom. The van der Waals surface area contributed by atoms with E-state index in [0.717, 1.165) is 11.3 Å². The Hall–Kier alpha value is -3.15. The largest absolute Gasteiger partial charge is 0.366 e. The van der Waals surface area contributed by atoms with Crippen LogP contribution in [0.2, 0.25) is 0 Å². The fraction of sp³-hybridized carbons (Fsp3) is 0.0625. The van der Waals surface area contributed by atoms with Gasteiger partial charge in [-0.2, -0.15) is 0 Å². The Kier molecular flexibility index (Phi) is 3.82. The van der Waals surface area contributed by atoms with Gasteiger partial charge in [0.2, 0.25) is 5.91 Å². The van der Waals surface area contributed by atoms with Gasteiger partial charge in [-0.1, -0.05) is 18.2 Å². The maximum Gasteiger partial charge on any atom is 0.250 e. The summed E-state index contributed by atoms with van der Waals surface area (Å²) in [6, 6.07) is 11.4. The Labute approximate surface area is 127 Å². The normalized spacial score (nSPS) is 10.4.